The highest BCUT2D eigenvalue weighted by Crippen LogP contribution is 2.32. The van der Waals surface area contributed by atoms with Crippen LogP contribution in [0.5, 0.6) is 5.75 Å². The summed E-state index contributed by atoms with van der Waals surface area (Å²) in [5, 5.41) is 3.42. The van der Waals surface area contributed by atoms with E-state index in [2.05, 4.69) is 5.32 Å². The van der Waals surface area contributed by atoms with Crippen molar-refractivity contribution in [3.05, 3.63) is 52.5 Å². The van der Waals surface area contributed by atoms with Gasteiger partial charge in [0.25, 0.3) is 0 Å². The molecule has 8 heteroatoms. The minimum Gasteiger partial charge on any atom is -0.495 e. The molecule has 0 aromatic heterocycles. The van der Waals surface area contributed by atoms with Crippen LogP contribution in [0.4, 0.5) is 5.69 Å². The molecule has 156 valence electrons. The molecule has 0 radical (unpaired) electrons. The Bertz CT molecular complexity index is 1010. The summed E-state index contributed by atoms with van der Waals surface area (Å²) >= 11 is 6.12. The zero-order valence-corrected chi connectivity index (χ0v) is 18.3. The van der Waals surface area contributed by atoms with E-state index >= 15 is 0 Å². The number of halogens is 1. The lowest BCUT2D eigenvalue weighted by Gasteiger charge is -2.31. The van der Waals surface area contributed by atoms with E-state index in [1.54, 1.807) is 36.4 Å². The van der Waals surface area contributed by atoms with Gasteiger partial charge >= 0.3 is 0 Å². The number of nitrogens with one attached hydrogen (secondary N) is 1. The van der Waals surface area contributed by atoms with E-state index in [0.29, 0.717) is 35.8 Å². The second-order valence-corrected chi connectivity index (χ2v) is 9.65. The van der Waals surface area contributed by atoms with Crippen LogP contribution in [-0.4, -0.2) is 38.8 Å². The molecule has 1 N–H and O–H groups in total. The third kappa shape index (κ3) is 4.74. The maximum atomic E-state index is 13.0. The van der Waals surface area contributed by atoms with Gasteiger partial charge in [-0.05, 0) is 50.5 Å². The fourth-order valence-corrected chi connectivity index (χ4v) is 5.08. The Hall–Kier alpha value is -2.09. The van der Waals surface area contributed by atoms with Gasteiger partial charge in [-0.2, -0.15) is 4.31 Å². The quantitative estimate of drug-likeness (QED) is 0.768. The zero-order chi connectivity index (χ0) is 21.2. The van der Waals surface area contributed by atoms with Gasteiger partial charge in [0.2, 0.25) is 15.9 Å². The summed E-state index contributed by atoms with van der Waals surface area (Å²) in [6, 6.07) is 10.2. The molecule has 0 bridgehead atoms. The first-order valence-corrected chi connectivity index (χ1v) is 11.3. The van der Waals surface area contributed by atoms with Gasteiger partial charge in [-0.15, -0.1) is 0 Å². The first kappa shape index (κ1) is 21.6. The molecule has 1 atom stereocenters. The highest BCUT2D eigenvalue weighted by atomic mass is 35.5. The Kier molecular flexibility index (Phi) is 6.51. The topological polar surface area (TPSA) is 75.7 Å². The standard InChI is InChI=1S/C21H25ClN2O4S/c1-14-6-8-17(9-7-14)29(26,27)24-10-4-5-16(13-24)21(25)23-19-11-15(2)18(22)12-20(19)28-3/h6-9,11-12,16H,4-5,10,13H2,1-3H3,(H,23,25). The molecular weight excluding hydrogens is 412 g/mol. The minimum absolute atomic E-state index is 0.150. The Morgan fingerprint density at radius 2 is 1.90 bits per heavy atom. The molecule has 3 rings (SSSR count). The summed E-state index contributed by atoms with van der Waals surface area (Å²) < 4.78 is 32.6. The SMILES string of the molecule is COc1cc(Cl)c(C)cc1NC(=O)C1CCCN(S(=O)(=O)c2ccc(C)cc2)C1. The number of sulfonamides is 1. The Morgan fingerprint density at radius 3 is 2.55 bits per heavy atom. The van der Waals surface area contributed by atoms with Gasteiger partial charge in [-0.25, -0.2) is 8.42 Å². The lowest BCUT2D eigenvalue weighted by Crippen LogP contribution is -2.43. The average Bonchev–Trinajstić information content (AvgIpc) is 2.71. The maximum absolute atomic E-state index is 13.0. The molecule has 1 unspecified atom stereocenters. The molecule has 1 heterocycles. The largest absolute Gasteiger partial charge is 0.495 e. The van der Waals surface area contributed by atoms with Crippen molar-refractivity contribution in [2.24, 2.45) is 5.92 Å². The number of rotatable bonds is 5. The van der Waals surface area contributed by atoms with Crippen LogP contribution in [0.15, 0.2) is 41.3 Å². The van der Waals surface area contributed by atoms with Crippen molar-refractivity contribution in [3.63, 3.8) is 0 Å². The fourth-order valence-electron chi connectivity index (χ4n) is 3.40. The second kappa shape index (κ2) is 8.73. The molecule has 1 amide bonds. The highest BCUT2D eigenvalue weighted by Gasteiger charge is 2.33. The number of hydrogen-bond donors (Lipinski definition) is 1. The summed E-state index contributed by atoms with van der Waals surface area (Å²) in [6.07, 6.45) is 1.25. The van der Waals surface area contributed by atoms with Crippen molar-refractivity contribution in [1.29, 1.82) is 0 Å². The predicted molar refractivity (Wildman–Crippen MR) is 114 cm³/mol. The van der Waals surface area contributed by atoms with E-state index in [1.165, 1.54) is 11.4 Å². The monoisotopic (exact) mass is 436 g/mol. The summed E-state index contributed by atoms with van der Waals surface area (Å²) in [4.78, 5) is 13.1. The summed E-state index contributed by atoms with van der Waals surface area (Å²) in [5.41, 5.74) is 2.33. The first-order valence-electron chi connectivity index (χ1n) is 9.44. The van der Waals surface area contributed by atoms with E-state index in [9.17, 15) is 13.2 Å². The molecule has 2 aromatic carbocycles. The van der Waals surface area contributed by atoms with Crippen molar-refractivity contribution in [1.82, 2.24) is 4.31 Å². The van der Waals surface area contributed by atoms with E-state index < -0.39 is 15.9 Å². The lowest BCUT2D eigenvalue weighted by molar-refractivity contribution is -0.120. The Balaban J connectivity index is 1.76. The van der Waals surface area contributed by atoms with Gasteiger partial charge in [-0.1, -0.05) is 29.3 Å². The molecule has 29 heavy (non-hydrogen) atoms. The van der Waals surface area contributed by atoms with Crippen LogP contribution >= 0.6 is 11.6 Å². The zero-order valence-electron chi connectivity index (χ0n) is 16.7. The number of anilines is 1. The van der Waals surface area contributed by atoms with Crippen molar-refractivity contribution >= 4 is 33.2 Å². The molecule has 1 saturated heterocycles. The van der Waals surface area contributed by atoms with Crippen LogP contribution in [0.25, 0.3) is 0 Å². The van der Waals surface area contributed by atoms with Gasteiger partial charge < -0.3 is 10.1 Å². The number of carbonyl (C=O) groups excluding carboxylic acids is 1. The molecule has 1 aliphatic rings. The summed E-state index contributed by atoms with van der Waals surface area (Å²) in [6.45, 7) is 4.30. The molecule has 1 fully saturated rings. The van der Waals surface area contributed by atoms with Crippen LogP contribution in [0.3, 0.4) is 0 Å². The first-order chi connectivity index (χ1) is 13.7. The highest BCUT2D eigenvalue weighted by molar-refractivity contribution is 7.89. The van der Waals surface area contributed by atoms with Crippen LogP contribution in [0.2, 0.25) is 5.02 Å². The maximum Gasteiger partial charge on any atom is 0.243 e. The van der Waals surface area contributed by atoms with Crippen LogP contribution in [0, 0.1) is 19.8 Å². The number of hydrogen-bond acceptors (Lipinski definition) is 4. The van der Waals surface area contributed by atoms with Gasteiger partial charge in [0.1, 0.15) is 5.75 Å². The molecule has 2 aromatic rings. The van der Waals surface area contributed by atoms with Gasteiger partial charge in [0.05, 0.1) is 23.6 Å². The normalized spacial score (nSPS) is 17.7. The molecule has 0 saturated carbocycles. The van der Waals surface area contributed by atoms with Crippen LogP contribution in [-0.2, 0) is 14.8 Å². The Labute approximate surface area is 176 Å². The molecule has 1 aliphatic heterocycles. The number of amides is 1. The van der Waals surface area contributed by atoms with E-state index in [0.717, 1.165) is 11.1 Å². The van der Waals surface area contributed by atoms with E-state index in [4.69, 9.17) is 16.3 Å². The number of ether oxygens (including phenoxy) is 1. The molecule has 0 aliphatic carbocycles. The summed E-state index contributed by atoms with van der Waals surface area (Å²) in [7, 11) is -2.12. The number of piperidine rings is 1. The predicted octanol–water partition coefficient (Wildman–Crippen LogP) is 4.00. The second-order valence-electron chi connectivity index (χ2n) is 7.31. The number of carbonyl (C=O) groups is 1. The van der Waals surface area contributed by atoms with Crippen molar-refractivity contribution in [3.8, 4) is 5.75 Å². The van der Waals surface area contributed by atoms with Crippen LogP contribution < -0.4 is 10.1 Å². The van der Waals surface area contributed by atoms with Gasteiger partial charge in [0, 0.05) is 24.2 Å². The number of aryl methyl sites for hydroxylation is 2. The van der Waals surface area contributed by atoms with Crippen molar-refractivity contribution in [2.45, 2.75) is 31.6 Å². The van der Waals surface area contributed by atoms with Crippen molar-refractivity contribution < 1.29 is 17.9 Å². The number of benzene rings is 2. The smallest absolute Gasteiger partial charge is 0.243 e. The third-order valence-corrected chi connectivity index (χ3v) is 7.44. The van der Waals surface area contributed by atoms with E-state index in [1.807, 2.05) is 13.8 Å². The summed E-state index contributed by atoms with van der Waals surface area (Å²) in [5.74, 6) is -0.201. The fraction of sp³-hybridized carbons (Fsp3) is 0.381. The molecule has 0 spiro atoms. The van der Waals surface area contributed by atoms with Crippen molar-refractivity contribution in [2.75, 3.05) is 25.5 Å². The number of methoxy groups -OCH3 is 1. The third-order valence-electron chi connectivity index (χ3n) is 5.15. The molecular formula is C21H25ClN2O4S. The minimum atomic E-state index is -3.63. The average molecular weight is 437 g/mol. The van der Waals surface area contributed by atoms with Gasteiger partial charge in [0.15, 0.2) is 0 Å². The van der Waals surface area contributed by atoms with E-state index in [-0.39, 0.29) is 17.3 Å². The lowest BCUT2D eigenvalue weighted by atomic mass is 9.98. The molecule has 6 nitrogen and oxygen atoms in total. The van der Waals surface area contributed by atoms with Crippen LogP contribution in [0.1, 0.15) is 24.0 Å². The Morgan fingerprint density at radius 1 is 1.21 bits per heavy atom. The number of nitrogens with zero attached hydrogens (tertiary/aromatic N) is 1. The van der Waals surface area contributed by atoms with Gasteiger partial charge in [-0.3, -0.25) is 4.79 Å².